The fourth-order valence-corrected chi connectivity index (χ4v) is 2.31. The Bertz CT molecular complexity index is 435. The second-order valence-electron chi connectivity index (χ2n) is 3.55. The summed E-state index contributed by atoms with van der Waals surface area (Å²) in [6.07, 6.45) is 2.15. The molecule has 0 aliphatic rings. The van der Waals surface area contributed by atoms with E-state index in [1.165, 1.54) is 6.26 Å². The molecule has 84 valence electrons. The first-order valence-corrected chi connectivity index (χ1v) is 6.78. The lowest BCUT2D eigenvalue weighted by Gasteiger charge is -2.08. The van der Waals surface area contributed by atoms with E-state index in [2.05, 4.69) is 0 Å². The first kappa shape index (κ1) is 12.0. The summed E-state index contributed by atoms with van der Waals surface area (Å²) in [4.78, 5) is 0.367. The van der Waals surface area contributed by atoms with Crippen LogP contribution in [0.5, 0.6) is 5.75 Å². The van der Waals surface area contributed by atoms with Gasteiger partial charge in [0.25, 0.3) is 0 Å². The third-order valence-corrected chi connectivity index (χ3v) is 3.28. The van der Waals surface area contributed by atoms with Crippen molar-refractivity contribution < 1.29 is 13.2 Å². The van der Waals surface area contributed by atoms with E-state index in [0.29, 0.717) is 11.5 Å². The van der Waals surface area contributed by atoms with Gasteiger partial charge >= 0.3 is 0 Å². The molecule has 0 spiro atoms. The van der Waals surface area contributed by atoms with Gasteiger partial charge in [-0.2, -0.15) is 0 Å². The number of hydrogen-bond donors (Lipinski definition) is 0. The van der Waals surface area contributed by atoms with Crippen LogP contribution >= 0.6 is 0 Å². The molecule has 4 heteroatoms. The van der Waals surface area contributed by atoms with Crippen LogP contribution in [0.1, 0.15) is 18.9 Å². The molecule has 0 aliphatic heterocycles. The first-order valence-electron chi connectivity index (χ1n) is 4.88. The summed E-state index contributed by atoms with van der Waals surface area (Å²) in [6.45, 7) is 4.45. The molecular formula is C11H16O3S. The van der Waals surface area contributed by atoms with Crippen molar-refractivity contribution in [2.45, 2.75) is 25.2 Å². The number of aryl methyl sites for hydroxylation is 1. The van der Waals surface area contributed by atoms with Crippen LogP contribution in [0.2, 0.25) is 0 Å². The maximum absolute atomic E-state index is 11.3. The average Bonchev–Trinajstić information content (AvgIpc) is 2.12. The molecule has 0 bridgehead atoms. The van der Waals surface area contributed by atoms with E-state index < -0.39 is 9.84 Å². The van der Waals surface area contributed by atoms with Gasteiger partial charge in [0, 0.05) is 6.26 Å². The van der Waals surface area contributed by atoms with E-state index >= 15 is 0 Å². The third-order valence-electron chi connectivity index (χ3n) is 2.02. The van der Waals surface area contributed by atoms with E-state index in [4.69, 9.17) is 4.74 Å². The molecule has 0 radical (unpaired) electrons. The van der Waals surface area contributed by atoms with Crippen LogP contribution in [-0.4, -0.2) is 21.3 Å². The SMILES string of the molecule is CCCOc1ccc(S(C)(=O)=O)c(C)c1. The van der Waals surface area contributed by atoms with Gasteiger partial charge in [-0.25, -0.2) is 8.42 Å². The Hall–Kier alpha value is -1.03. The van der Waals surface area contributed by atoms with Crippen LogP contribution in [0.4, 0.5) is 0 Å². The van der Waals surface area contributed by atoms with E-state index in [-0.39, 0.29) is 0 Å². The van der Waals surface area contributed by atoms with Gasteiger partial charge in [-0.1, -0.05) is 6.92 Å². The van der Waals surface area contributed by atoms with E-state index in [9.17, 15) is 8.42 Å². The Morgan fingerprint density at radius 3 is 2.47 bits per heavy atom. The fraction of sp³-hybridized carbons (Fsp3) is 0.455. The first-order chi connectivity index (χ1) is 6.95. The molecule has 0 heterocycles. The minimum absolute atomic E-state index is 0.367. The third kappa shape index (κ3) is 3.23. The normalized spacial score (nSPS) is 11.4. The molecule has 0 saturated heterocycles. The minimum Gasteiger partial charge on any atom is -0.494 e. The van der Waals surface area contributed by atoms with Crippen molar-refractivity contribution in [1.29, 1.82) is 0 Å². The Morgan fingerprint density at radius 1 is 1.33 bits per heavy atom. The van der Waals surface area contributed by atoms with Gasteiger partial charge in [-0.15, -0.1) is 0 Å². The van der Waals surface area contributed by atoms with E-state index in [1.54, 1.807) is 25.1 Å². The van der Waals surface area contributed by atoms with Crippen LogP contribution in [-0.2, 0) is 9.84 Å². The van der Waals surface area contributed by atoms with E-state index in [0.717, 1.165) is 17.7 Å². The van der Waals surface area contributed by atoms with Gasteiger partial charge in [0.2, 0.25) is 0 Å². The standard InChI is InChI=1S/C11H16O3S/c1-4-7-14-10-5-6-11(9(2)8-10)15(3,12)13/h5-6,8H,4,7H2,1-3H3. The van der Waals surface area contributed by atoms with Gasteiger partial charge in [-0.3, -0.25) is 0 Å². The van der Waals surface area contributed by atoms with E-state index in [1.807, 2.05) is 6.92 Å². The highest BCUT2D eigenvalue weighted by molar-refractivity contribution is 7.90. The van der Waals surface area contributed by atoms with Crippen molar-refractivity contribution in [2.24, 2.45) is 0 Å². The molecule has 1 aromatic carbocycles. The minimum atomic E-state index is -3.13. The molecule has 0 aromatic heterocycles. The molecule has 0 atom stereocenters. The molecule has 1 rings (SSSR count). The Labute approximate surface area is 91.0 Å². The maximum atomic E-state index is 11.3. The lowest BCUT2D eigenvalue weighted by atomic mass is 10.2. The Kier molecular flexibility index (Phi) is 3.74. The zero-order chi connectivity index (χ0) is 11.5. The summed E-state index contributed by atoms with van der Waals surface area (Å²) in [6, 6.07) is 5.04. The predicted octanol–water partition coefficient (Wildman–Crippen LogP) is 2.19. The maximum Gasteiger partial charge on any atom is 0.175 e. The van der Waals surface area contributed by atoms with Crippen molar-refractivity contribution in [3.8, 4) is 5.75 Å². The highest BCUT2D eigenvalue weighted by Gasteiger charge is 2.10. The summed E-state index contributed by atoms with van der Waals surface area (Å²) in [5.41, 5.74) is 0.728. The zero-order valence-corrected chi connectivity index (χ0v) is 10.1. The van der Waals surface area contributed by atoms with Crippen LogP contribution < -0.4 is 4.74 Å². The van der Waals surface area contributed by atoms with Crippen LogP contribution in [0.15, 0.2) is 23.1 Å². The van der Waals surface area contributed by atoms with Crippen molar-refractivity contribution in [1.82, 2.24) is 0 Å². The summed E-state index contributed by atoms with van der Waals surface area (Å²) < 4.78 is 28.1. The molecule has 0 unspecified atom stereocenters. The van der Waals surface area contributed by atoms with Gasteiger partial charge in [0.1, 0.15) is 5.75 Å². The average molecular weight is 228 g/mol. The van der Waals surface area contributed by atoms with Crippen molar-refractivity contribution >= 4 is 9.84 Å². The zero-order valence-electron chi connectivity index (χ0n) is 9.28. The lowest BCUT2D eigenvalue weighted by molar-refractivity contribution is 0.317. The summed E-state index contributed by atoms with van der Waals surface area (Å²) >= 11 is 0. The molecular weight excluding hydrogens is 212 g/mol. The van der Waals surface area contributed by atoms with Gasteiger partial charge in [-0.05, 0) is 37.1 Å². The molecule has 1 aromatic rings. The number of sulfone groups is 1. The smallest absolute Gasteiger partial charge is 0.175 e. The van der Waals surface area contributed by atoms with Gasteiger partial charge in [0.15, 0.2) is 9.84 Å². The van der Waals surface area contributed by atoms with Crippen molar-refractivity contribution in [2.75, 3.05) is 12.9 Å². The summed E-state index contributed by atoms with van der Waals surface area (Å²) in [5, 5.41) is 0. The van der Waals surface area contributed by atoms with Crippen molar-refractivity contribution in [3.05, 3.63) is 23.8 Å². The van der Waals surface area contributed by atoms with Crippen LogP contribution in [0.3, 0.4) is 0 Å². The molecule has 0 aliphatic carbocycles. The highest BCUT2D eigenvalue weighted by atomic mass is 32.2. The Morgan fingerprint density at radius 2 is 2.00 bits per heavy atom. The monoisotopic (exact) mass is 228 g/mol. The quantitative estimate of drug-likeness (QED) is 0.793. The number of rotatable bonds is 4. The topological polar surface area (TPSA) is 43.4 Å². The molecule has 0 amide bonds. The van der Waals surface area contributed by atoms with Gasteiger partial charge in [0.05, 0.1) is 11.5 Å². The second-order valence-corrected chi connectivity index (χ2v) is 5.53. The molecule has 15 heavy (non-hydrogen) atoms. The van der Waals surface area contributed by atoms with Crippen molar-refractivity contribution in [3.63, 3.8) is 0 Å². The largest absolute Gasteiger partial charge is 0.494 e. The number of ether oxygens (including phenoxy) is 1. The lowest BCUT2D eigenvalue weighted by Crippen LogP contribution is -2.01. The molecule has 0 fully saturated rings. The Balaban J connectivity index is 2.99. The molecule has 0 N–H and O–H groups in total. The second kappa shape index (κ2) is 4.66. The summed E-state index contributed by atoms with van der Waals surface area (Å²) in [5.74, 6) is 0.724. The molecule has 3 nitrogen and oxygen atoms in total. The number of hydrogen-bond acceptors (Lipinski definition) is 3. The molecule has 0 saturated carbocycles. The highest BCUT2D eigenvalue weighted by Crippen LogP contribution is 2.21. The van der Waals surface area contributed by atoms with Crippen LogP contribution in [0, 0.1) is 6.92 Å². The summed E-state index contributed by atoms with van der Waals surface area (Å²) in [7, 11) is -3.13. The fourth-order valence-electron chi connectivity index (χ4n) is 1.35. The predicted molar refractivity (Wildman–Crippen MR) is 60.1 cm³/mol. The number of benzene rings is 1. The van der Waals surface area contributed by atoms with Crippen LogP contribution in [0.25, 0.3) is 0 Å². The van der Waals surface area contributed by atoms with Gasteiger partial charge < -0.3 is 4.74 Å².